The van der Waals surface area contributed by atoms with Gasteiger partial charge in [0.25, 0.3) is 5.91 Å². The highest BCUT2D eigenvalue weighted by atomic mass is 35.5. The minimum atomic E-state index is -0.380. The molecule has 0 saturated heterocycles. The molecule has 1 N–H and O–H groups in total. The highest BCUT2D eigenvalue weighted by Gasteiger charge is 2.14. The number of carbonyl (C=O) groups excluding carboxylic acids is 1. The Morgan fingerprint density at radius 1 is 1.00 bits per heavy atom. The number of nitrogens with zero attached hydrogens (tertiary/aromatic N) is 3. The average molecular weight is 387 g/mol. The molecule has 0 aliphatic heterocycles. The molecule has 0 aliphatic rings. The van der Waals surface area contributed by atoms with E-state index in [9.17, 15) is 4.79 Å². The van der Waals surface area contributed by atoms with Gasteiger partial charge in [-0.25, -0.2) is 9.97 Å². The summed E-state index contributed by atoms with van der Waals surface area (Å²) in [5, 5.41) is 3.42. The summed E-state index contributed by atoms with van der Waals surface area (Å²) in [6.45, 7) is 2.71. The number of hydrogen-bond donors (Lipinski definition) is 1. The van der Waals surface area contributed by atoms with E-state index in [2.05, 4.69) is 15.3 Å². The second-order valence-electron chi connectivity index (χ2n) is 5.40. The Bertz CT molecular complexity index is 881. The summed E-state index contributed by atoms with van der Waals surface area (Å²) in [6.07, 6.45) is 2.96. The maximum Gasteiger partial charge on any atom is 0.258 e. The van der Waals surface area contributed by atoms with Crippen LogP contribution >= 0.6 is 23.2 Å². The van der Waals surface area contributed by atoms with Crippen molar-refractivity contribution in [2.75, 3.05) is 16.8 Å². The Balaban J connectivity index is 1.80. The number of rotatable bonds is 5. The van der Waals surface area contributed by atoms with Crippen LogP contribution in [0.15, 0.2) is 60.9 Å². The van der Waals surface area contributed by atoms with Gasteiger partial charge in [0.15, 0.2) is 0 Å². The van der Waals surface area contributed by atoms with Gasteiger partial charge >= 0.3 is 0 Å². The fourth-order valence-corrected chi connectivity index (χ4v) is 2.92. The van der Waals surface area contributed by atoms with E-state index in [1.807, 2.05) is 42.2 Å². The predicted octanol–water partition coefficient (Wildman–Crippen LogP) is 5.19. The highest BCUT2D eigenvalue weighted by molar-refractivity contribution is 6.40. The lowest BCUT2D eigenvalue weighted by molar-refractivity contribution is 0.102. The zero-order chi connectivity index (χ0) is 18.5. The monoisotopic (exact) mass is 386 g/mol. The number of nitrogens with one attached hydrogen (secondary N) is 1. The molecule has 26 heavy (non-hydrogen) atoms. The van der Waals surface area contributed by atoms with Crippen molar-refractivity contribution in [3.63, 3.8) is 0 Å². The molecule has 1 heterocycles. The summed E-state index contributed by atoms with van der Waals surface area (Å²) >= 11 is 12.2. The van der Waals surface area contributed by atoms with Gasteiger partial charge < -0.3 is 10.2 Å². The Hall–Kier alpha value is -2.63. The van der Waals surface area contributed by atoms with Gasteiger partial charge in [-0.05, 0) is 31.2 Å². The van der Waals surface area contributed by atoms with E-state index in [4.69, 9.17) is 23.2 Å². The summed E-state index contributed by atoms with van der Waals surface area (Å²) in [6, 6.07) is 14.8. The van der Waals surface area contributed by atoms with Crippen molar-refractivity contribution < 1.29 is 4.79 Å². The van der Waals surface area contributed by atoms with Crippen LogP contribution in [0.2, 0.25) is 10.0 Å². The van der Waals surface area contributed by atoms with Crippen LogP contribution in [0.1, 0.15) is 17.3 Å². The lowest BCUT2D eigenvalue weighted by Crippen LogP contribution is -2.20. The Morgan fingerprint density at radius 2 is 1.62 bits per heavy atom. The van der Waals surface area contributed by atoms with Gasteiger partial charge in [-0.1, -0.05) is 47.5 Å². The molecule has 0 saturated carbocycles. The van der Waals surface area contributed by atoms with Gasteiger partial charge in [-0.3, -0.25) is 4.79 Å². The summed E-state index contributed by atoms with van der Waals surface area (Å²) in [5.41, 5.74) is 1.66. The third kappa shape index (κ3) is 3.95. The first kappa shape index (κ1) is 18.2. The Morgan fingerprint density at radius 3 is 2.19 bits per heavy atom. The fourth-order valence-electron chi connectivity index (χ4n) is 2.43. The Labute approximate surface area is 161 Å². The van der Waals surface area contributed by atoms with Crippen LogP contribution in [0.25, 0.3) is 0 Å². The molecule has 3 aromatic rings. The highest BCUT2D eigenvalue weighted by Crippen LogP contribution is 2.30. The largest absolute Gasteiger partial charge is 0.319 e. The zero-order valence-electron chi connectivity index (χ0n) is 14.0. The molecule has 0 bridgehead atoms. The normalized spacial score (nSPS) is 10.4. The third-order valence-electron chi connectivity index (χ3n) is 3.73. The molecule has 3 rings (SSSR count). The van der Waals surface area contributed by atoms with E-state index in [1.165, 1.54) is 12.4 Å². The van der Waals surface area contributed by atoms with Crippen molar-refractivity contribution in [3.8, 4) is 0 Å². The van der Waals surface area contributed by atoms with Gasteiger partial charge in [-0.15, -0.1) is 0 Å². The molecule has 1 amide bonds. The average Bonchev–Trinajstić information content (AvgIpc) is 2.67. The number of aromatic nitrogens is 2. The number of amides is 1. The van der Waals surface area contributed by atoms with E-state index < -0.39 is 0 Å². The molecule has 1 aromatic heterocycles. The third-order valence-corrected chi connectivity index (χ3v) is 4.36. The molecule has 132 valence electrons. The number of halogens is 2. The number of hydrogen-bond acceptors (Lipinski definition) is 4. The quantitative estimate of drug-likeness (QED) is 0.654. The Kier molecular flexibility index (Phi) is 5.71. The molecular weight excluding hydrogens is 371 g/mol. The summed E-state index contributed by atoms with van der Waals surface area (Å²) in [5.74, 6) is 0.139. The number of para-hydroxylation sites is 2. The van der Waals surface area contributed by atoms with Crippen molar-refractivity contribution in [2.24, 2.45) is 0 Å². The van der Waals surface area contributed by atoms with E-state index in [0.717, 1.165) is 5.69 Å². The van der Waals surface area contributed by atoms with Crippen molar-refractivity contribution in [1.29, 1.82) is 0 Å². The molecular formula is C19H16Cl2N4O. The minimum absolute atomic E-state index is 0.314. The van der Waals surface area contributed by atoms with Gasteiger partial charge in [0.1, 0.15) is 0 Å². The SMILES string of the molecule is CCN(c1ccccc1)c1ncc(C(=O)Nc2c(Cl)cccc2Cl)cn1. The second kappa shape index (κ2) is 8.17. The maximum absolute atomic E-state index is 12.4. The van der Waals surface area contributed by atoms with Crippen molar-refractivity contribution in [3.05, 3.63) is 76.5 Å². The molecule has 0 aliphatic carbocycles. The first-order chi connectivity index (χ1) is 12.6. The topological polar surface area (TPSA) is 58.1 Å². The molecule has 2 aromatic carbocycles. The summed E-state index contributed by atoms with van der Waals surface area (Å²) < 4.78 is 0. The number of carbonyl (C=O) groups is 1. The van der Waals surface area contributed by atoms with Crippen molar-refractivity contribution in [1.82, 2.24) is 9.97 Å². The van der Waals surface area contributed by atoms with Gasteiger partial charge in [0.2, 0.25) is 5.95 Å². The molecule has 0 spiro atoms. The van der Waals surface area contributed by atoms with Gasteiger partial charge in [0.05, 0.1) is 21.3 Å². The van der Waals surface area contributed by atoms with E-state index in [0.29, 0.717) is 33.8 Å². The van der Waals surface area contributed by atoms with Crippen LogP contribution in [0.3, 0.4) is 0 Å². The molecule has 0 fully saturated rings. The first-order valence-corrected chi connectivity index (χ1v) is 8.75. The number of anilines is 3. The molecule has 7 heteroatoms. The minimum Gasteiger partial charge on any atom is -0.319 e. The second-order valence-corrected chi connectivity index (χ2v) is 6.22. The lowest BCUT2D eigenvalue weighted by Gasteiger charge is -2.20. The van der Waals surface area contributed by atoms with Crippen LogP contribution < -0.4 is 10.2 Å². The smallest absolute Gasteiger partial charge is 0.258 e. The molecule has 5 nitrogen and oxygen atoms in total. The molecule has 0 unspecified atom stereocenters. The lowest BCUT2D eigenvalue weighted by atomic mass is 10.2. The van der Waals surface area contributed by atoms with E-state index >= 15 is 0 Å². The molecule has 0 atom stereocenters. The van der Waals surface area contributed by atoms with Crippen LogP contribution in [-0.4, -0.2) is 22.4 Å². The number of benzene rings is 2. The summed E-state index contributed by atoms with van der Waals surface area (Å²) in [4.78, 5) is 23.0. The van der Waals surface area contributed by atoms with E-state index in [-0.39, 0.29) is 5.91 Å². The van der Waals surface area contributed by atoms with Crippen molar-refractivity contribution in [2.45, 2.75) is 6.92 Å². The molecule has 0 radical (unpaired) electrons. The predicted molar refractivity (Wildman–Crippen MR) is 106 cm³/mol. The zero-order valence-corrected chi connectivity index (χ0v) is 15.5. The van der Waals surface area contributed by atoms with Gasteiger partial charge in [-0.2, -0.15) is 0 Å². The van der Waals surface area contributed by atoms with Crippen LogP contribution in [0.5, 0.6) is 0 Å². The standard InChI is InChI=1S/C19H16Cl2N4O/c1-2-25(14-7-4-3-5-8-14)19-22-11-13(12-23-19)18(26)24-17-15(20)9-6-10-16(17)21/h3-12H,2H2,1H3,(H,24,26). The summed E-state index contributed by atoms with van der Waals surface area (Å²) in [7, 11) is 0. The van der Waals surface area contributed by atoms with Crippen LogP contribution in [0.4, 0.5) is 17.3 Å². The fraction of sp³-hybridized carbons (Fsp3) is 0.105. The van der Waals surface area contributed by atoms with Crippen LogP contribution in [-0.2, 0) is 0 Å². The van der Waals surface area contributed by atoms with Gasteiger partial charge in [0, 0.05) is 24.6 Å². The first-order valence-electron chi connectivity index (χ1n) is 8.00. The maximum atomic E-state index is 12.4. The van der Waals surface area contributed by atoms with Crippen molar-refractivity contribution >= 4 is 46.4 Å². The van der Waals surface area contributed by atoms with E-state index in [1.54, 1.807) is 18.2 Å². The van der Waals surface area contributed by atoms with Crippen LogP contribution in [0, 0.1) is 0 Å².